The van der Waals surface area contributed by atoms with Gasteiger partial charge < -0.3 is 25.4 Å². The SMILES string of the molecule is COc1cc2c(Nc3ncc(CC(=O)Nc4cccc(F)c4F)s3)ncnc2cc1OCCCNCCC(C)(C)OP(=O)(OC(C)(C)C)OC(C)(C)C. The van der Waals surface area contributed by atoms with Crippen molar-refractivity contribution in [3.05, 3.63) is 59.4 Å². The topological polar surface area (TPSA) is 155 Å². The van der Waals surface area contributed by atoms with Crippen molar-refractivity contribution in [2.24, 2.45) is 0 Å². The fraction of sp³-hybridized carbons (Fsp3) is 0.500. The Morgan fingerprint density at radius 2 is 1.64 bits per heavy atom. The van der Waals surface area contributed by atoms with Crippen molar-refractivity contribution in [2.45, 2.75) is 91.5 Å². The van der Waals surface area contributed by atoms with E-state index in [0.29, 0.717) is 70.8 Å². The van der Waals surface area contributed by atoms with Crippen LogP contribution in [0.1, 0.15) is 73.1 Å². The third kappa shape index (κ3) is 13.2. The molecule has 1 amide bonds. The van der Waals surface area contributed by atoms with Gasteiger partial charge in [0.15, 0.2) is 28.3 Å². The smallest absolute Gasteiger partial charge is 0.476 e. The summed E-state index contributed by atoms with van der Waals surface area (Å²) in [7, 11) is -2.31. The number of anilines is 3. The molecule has 0 unspecified atom stereocenters. The van der Waals surface area contributed by atoms with Crippen LogP contribution in [-0.2, 0) is 29.4 Å². The van der Waals surface area contributed by atoms with Crippen LogP contribution in [0.2, 0.25) is 0 Å². The van der Waals surface area contributed by atoms with Gasteiger partial charge in [-0.25, -0.2) is 28.3 Å². The normalized spacial score (nSPS) is 12.6. The molecule has 0 bridgehead atoms. The number of hydrogen-bond acceptors (Lipinski definition) is 13. The Labute approximate surface area is 313 Å². The average Bonchev–Trinajstić information content (AvgIpc) is 3.46. The molecule has 13 nitrogen and oxygen atoms in total. The van der Waals surface area contributed by atoms with Crippen LogP contribution in [0.25, 0.3) is 10.9 Å². The number of hydrogen-bond donors (Lipinski definition) is 3. The maximum atomic E-state index is 14.0. The molecule has 4 rings (SSSR count). The van der Waals surface area contributed by atoms with Crippen LogP contribution in [-0.4, -0.2) is 64.5 Å². The van der Waals surface area contributed by atoms with Gasteiger partial charge in [-0.05, 0) is 99.5 Å². The lowest BCUT2D eigenvalue weighted by molar-refractivity contribution is -0.115. The highest BCUT2D eigenvalue weighted by Gasteiger charge is 2.41. The van der Waals surface area contributed by atoms with E-state index >= 15 is 0 Å². The molecule has 0 aliphatic carbocycles. The van der Waals surface area contributed by atoms with Crippen LogP contribution >= 0.6 is 19.2 Å². The van der Waals surface area contributed by atoms with Crippen LogP contribution in [0.5, 0.6) is 11.5 Å². The Morgan fingerprint density at radius 1 is 0.925 bits per heavy atom. The molecule has 0 spiro atoms. The van der Waals surface area contributed by atoms with E-state index in [1.807, 2.05) is 13.8 Å². The van der Waals surface area contributed by atoms with Gasteiger partial charge in [0.05, 0.1) is 48.1 Å². The van der Waals surface area contributed by atoms with Crippen LogP contribution in [0, 0.1) is 11.6 Å². The number of methoxy groups -OCH3 is 1. The van der Waals surface area contributed by atoms with Gasteiger partial charge in [-0.2, -0.15) is 0 Å². The standard InChI is InChI=1S/C36H49F2N6O7PS/c1-34(2,3)49-52(46,50-35(4,5)6)51-36(7,8)14-16-39-15-11-17-48-29-20-27-24(19-28(29)47-9)32(42-22-41-27)44-33-40-21-23(53-33)18-30(45)43-26-13-10-12-25(37)31(26)38/h10,12-13,19-22,39H,11,14-18H2,1-9H3,(H,43,45)(H,40,41,42,44). The van der Waals surface area contributed by atoms with Gasteiger partial charge in [0.2, 0.25) is 5.91 Å². The molecule has 53 heavy (non-hydrogen) atoms. The summed E-state index contributed by atoms with van der Waals surface area (Å²) in [5.41, 5.74) is -1.85. The number of benzene rings is 2. The lowest BCUT2D eigenvalue weighted by Crippen LogP contribution is -2.33. The van der Waals surface area contributed by atoms with Crippen molar-refractivity contribution in [1.29, 1.82) is 0 Å². The summed E-state index contributed by atoms with van der Waals surface area (Å²) in [6.07, 6.45) is 4.11. The molecule has 3 N–H and O–H groups in total. The van der Waals surface area contributed by atoms with Crippen molar-refractivity contribution in [2.75, 3.05) is 37.4 Å². The second-order valence-corrected chi connectivity index (χ2v) is 17.3. The maximum absolute atomic E-state index is 14.0. The van der Waals surface area contributed by atoms with Crippen molar-refractivity contribution in [3.63, 3.8) is 0 Å². The highest BCUT2D eigenvalue weighted by Crippen LogP contribution is 2.58. The summed E-state index contributed by atoms with van der Waals surface area (Å²) in [5, 5.41) is 10.1. The minimum atomic E-state index is -3.85. The van der Waals surface area contributed by atoms with Gasteiger partial charge in [-0.15, -0.1) is 11.3 Å². The maximum Gasteiger partial charge on any atom is 0.476 e. The number of thiazole rings is 1. The highest BCUT2D eigenvalue weighted by molar-refractivity contribution is 7.48. The molecular formula is C36H49F2N6O7PS. The molecule has 0 saturated carbocycles. The Hall–Kier alpha value is -3.79. The van der Waals surface area contributed by atoms with Crippen LogP contribution in [0.4, 0.5) is 25.4 Å². The van der Waals surface area contributed by atoms with Crippen molar-refractivity contribution >= 4 is 52.6 Å². The second kappa shape index (κ2) is 17.6. The van der Waals surface area contributed by atoms with Crippen LogP contribution in [0.15, 0.2) is 42.9 Å². The molecule has 17 heteroatoms. The van der Waals surface area contributed by atoms with Crippen LogP contribution in [0.3, 0.4) is 0 Å². The number of aromatic nitrogens is 3. The first kappa shape index (κ1) is 42.0. The predicted molar refractivity (Wildman–Crippen MR) is 202 cm³/mol. The molecule has 0 aliphatic heterocycles. The molecule has 290 valence electrons. The van der Waals surface area contributed by atoms with E-state index in [-0.39, 0.29) is 12.1 Å². The average molecular weight is 779 g/mol. The van der Waals surface area contributed by atoms with E-state index < -0.39 is 42.2 Å². The van der Waals surface area contributed by atoms with Gasteiger partial charge in [0.1, 0.15) is 12.1 Å². The molecule has 0 atom stereocenters. The van der Waals surface area contributed by atoms with Gasteiger partial charge in [-0.3, -0.25) is 18.4 Å². The number of halogens is 2. The number of amides is 1. The lowest BCUT2D eigenvalue weighted by Gasteiger charge is -2.36. The molecule has 0 saturated heterocycles. The number of ether oxygens (including phenoxy) is 2. The molecule has 0 radical (unpaired) electrons. The van der Waals surface area contributed by atoms with E-state index in [2.05, 4.69) is 30.9 Å². The first-order chi connectivity index (χ1) is 24.7. The molecule has 2 heterocycles. The van der Waals surface area contributed by atoms with Gasteiger partial charge >= 0.3 is 7.82 Å². The minimum absolute atomic E-state index is 0.0837. The summed E-state index contributed by atoms with van der Waals surface area (Å²) < 4.78 is 70.2. The Morgan fingerprint density at radius 3 is 2.32 bits per heavy atom. The molecule has 2 aromatic carbocycles. The third-order valence-corrected chi connectivity index (χ3v) is 10.2. The zero-order chi connectivity index (χ0) is 39.0. The Balaban J connectivity index is 1.28. The predicted octanol–water partition coefficient (Wildman–Crippen LogP) is 8.58. The Bertz CT molecular complexity index is 1900. The zero-order valence-corrected chi connectivity index (χ0v) is 33.3. The fourth-order valence-electron chi connectivity index (χ4n) is 4.91. The summed E-state index contributed by atoms with van der Waals surface area (Å²) in [6.45, 7) is 16.2. The molecular weight excluding hydrogens is 729 g/mol. The largest absolute Gasteiger partial charge is 0.493 e. The zero-order valence-electron chi connectivity index (χ0n) is 31.6. The molecule has 4 aromatic rings. The molecule has 0 aliphatic rings. The minimum Gasteiger partial charge on any atom is -0.493 e. The number of rotatable bonds is 18. The lowest BCUT2D eigenvalue weighted by atomic mass is 10.1. The summed E-state index contributed by atoms with van der Waals surface area (Å²) in [5.74, 6) is -1.20. The highest BCUT2D eigenvalue weighted by atomic mass is 32.1. The summed E-state index contributed by atoms with van der Waals surface area (Å²) in [6, 6.07) is 7.13. The number of carbonyl (C=O) groups is 1. The van der Waals surface area contributed by atoms with Gasteiger partial charge in [-0.1, -0.05) is 6.07 Å². The number of nitrogens with one attached hydrogen (secondary N) is 3. The number of fused-ring (bicyclic) bond motifs is 1. The quantitative estimate of drug-likeness (QED) is 0.0655. The van der Waals surface area contributed by atoms with E-state index in [0.717, 1.165) is 6.07 Å². The summed E-state index contributed by atoms with van der Waals surface area (Å²) in [4.78, 5) is 26.2. The van der Waals surface area contributed by atoms with Gasteiger partial charge in [0, 0.05) is 22.5 Å². The van der Waals surface area contributed by atoms with E-state index in [9.17, 15) is 18.1 Å². The van der Waals surface area contributed by atoms with E-state index in [4.69, 9.17) is 23.0 Å². The summed E-state index contributed by atoms with van der Waals surface area (Å²) >= 11 is 1.22. The number of nitrogens with zero attached hydrogens (tertiary/aromatic N) is 3. The monoisotopic (exact) mass is 778 g/mol. The fourth-order valence-corrected chi connectivity index (χ4v) is 7.87. The molecule has 0 fully saturated rings. The Kier molecular flexibility index (Phi) is 13.9. The number of phosphoric ester groups is 1. The van der Waals surface area contributed by atoms with E-state index in [1.54, 1.807) is 60.8 Å². The van der Waals surface area contributed by atoms with Gasteiger partial charge in [0.25, 0.3) is 0 Å². The van der Waals surface area contributed by atoms with Crippen LogP contribution < -0.4 is 25.4 Å². The third-order valence-electron chi connectivity index (χ3n) is 7.05. The number of carbonyl (C=O) groups excluding carboxylic acids is 1. The second-order valence-electron chi connectivity index (χ2n) is 14.7. The van der Waals surface area contributed by atoms with Crippen molar-refractivity contribution in [3.8, 4) is 11.5 Å². The first-order valence-electron chi connectivity index (χ1n) is 17.1. The van der Waals surface area contributed by atoms with Crippen molar-refractivity contribution < 1.29 is 41.2 Å². The van der Waals surface area contributed by atoms with Crippen molar-refractivity contribution in [1.82, 2.24) is 20.3 Å². The first-order valence-corrected chi connectivity index (χ1v) is 19.4. The number of phosphoric acid groups is 1. The van der Waals surface area contributed by atoms with E-state index in [1.165, 1.54) is 36.0 Å². The molecule has 2 aromatic heterocycles.